The number of carbonyl (C=O) groups excluding carboxylic acids is 1. The van der Waals surface area contributed by atoms with Gasteiger partial charge in [0, 0.05) is 45.1 Å². The van der Waals surface area contributed by atoms with Crippen molar-refractivity contribution in [1.29, 1.82) is 0 Å². The average molecular weight is 311 g/mol. The van der Waals surface area contributed by atoms with Gasteiger partial charge in [0.1, 0.15) is 0 Å². The second-order valence-corrected chi connectivity index (χ2v) is 5.73. The molecule has 3 rings (SSSR count). The number of piperazine rings is 1. The summed E-state index contributed by atoms with van der Waals surface area (Å²) in [5, 5.41) is 3.16. The van der Waals surface area contributed by atoms with Crippen LogP contribution in [0.3, 0.4) is 0 Å². The van der Waals surface area contributed by atoms with E-state index in [0.717, 1.165) is 31.7 Å². The smallest absolute Gasteiger partial charge is 0.257 e. The summed E-state index contributed by atoms with van der Waals surface area (Å²) >= 11 is 0. The summed E-state index contributed by atoms with van der Waals surface area (Å²) in [7, 11) is 2.07. The molecule has 1 fully saturated rings. The molecule has 0 radical (unpaired) electrons. The molecule has 2 aromatic rings. The van der Waals surface area contributed by atoms with Gasteiger partial charge in [0.05, 0.1) is 5.56 Å². The van der Waals surface area contributed by atoms with Gasteiger partial charge in [-0.1, -0.05) is 30.3 Å². The van der Waals surface area contributed by atoms with Crippen LogP contribution in [0, 0.1) is 0 Å². The second-order valence-electron chi connectivity index (χ2n) is 5.73. The molecule has 6 heteroatoms. The highest BCUT2D eigenvalue weighted by molar-refractivity contribution is 5.93. The number of hydrogen-bond donors (Lipinski definition) is 1. The number of anilines is 1. The van der Waals surface area contributed by atoms with Gasteiger partial charge in [-0.3, -0.25) is 4.79 Å². The summed E-state index contributed by atoms with van der Waals surface area (Å²) in [6.45, 7) is 3.98. The molecule has 120 valence electrons. The molecular weight excluding hydrogens is 290 g/mol. The molecule has 1 aliphatic heterocycles. The molecular formula is C17H21N5O. The number of benzene rings is 1. The minimum Gasteiger partial charge on any atom is -0.350 e. The Balaban J connectivity index is 1.57. The van der Waals surface area contributed by atoms with E-state index in [1.807, 2.05) is 35.2 Å². The quantitative estimate of drug-likeness (QED) is 0.926. The van der Waals surface area contributed by atoms with Gasteiger partial charge in [-0.15, -0.1) is 0 Å². The summed E-state index contributed by atoms with van der Waals surface area (Å²) in [6, 6.07) is 10.1. The van der Waals surface area contributed by atoms with Crippen LogP contribution in [0.25, 0.3) is 0 Å². The van der Waals surface area contributed by atoms with Gasteiger partial charge in [0.15, 0.2) is 0 Å². The van der Waals surface area contributed by atoms with E-state index in [1.54, 1.807) is 12.4 Å². The third-order valence-corrected chi connectivity index (χ3v) is 3.98. The minimum absolute atomic E-state index is 0.00714. The molecule has 0 spiro atoms. The molecule has 1 aromatic carbocycles. The monoisotopic (exact) mass is 311 g/mol. The van der Waals surface area contributed by atoms with Gasteiger partial charge >= 0.3 is 0 Å². The maximum atomic E-state index is 12.4. The number of amides is 1. The van der Waals surface area contributed by atoms with E-state index < -0.39 is 0 Å². The Labute approximate surface area is 136 Å². The summed E-state index contributed by atoms with van der Waals surface area (Å²) in [6.07, 6.45) is 3.20. The second kappa shape index (κ2) is 7.19. The molecule has 1 aliphatic rings. The molecule has 0 unspecified atom stereocenters. The fourth-order valence-corrected chi connectivity index (χ4v) is 2.50. The summed E-state index contributed by atoms with van der Waals surface area (Å²) in [5.41, 5.74) is 1.70. The van der Waals surface area contributed by atoms with Gasteiger partial charge in [-0.05, 0) is 12.6 Å². The Kier molecular flexibility index (Phi) is 4.83. The molecule has 2 heterocycles. The highest BCUT2D eigenvalue weighted by Gasteiger charge is 2.20. The number of likely N-dealkylation sites (N-methyl/N-ethyl adjacent to an activating group) is 1. The zero-order valence-electron chi connectivity index (χ0n) is 13.3. The number of nitrogens with zero attached hydrogens (tertiary/aromatic N) is 4. The lowest BCUT2D eigenvalue weighted by Crippen LogP contribution is -2.47. The Morgan fingerprint density at radius 3 is 2.39 bits per heavy atom. The van der Waals surface area contributed by atoms with Crippen LogP contribution in [0.1, 0.15) is 15.9 Å². The van der Waals surface area contributed by atoms with Crippen molar-refractivity contribution in [3.63, 3.8) is 0 Å². The molecule has 1 N–H and O–H groups in total. The van der Waals surface area contributed by atoms with Gasteiger partial charge in [-0.25, -0.2) is 9.97 Å². The van der Waals surface area contributed by atoms with E-state index in [4.69, 9.17) is 0 Å². The zero-order valence-corrected chi connectivity index (χ0v) is 13.3. The SMILES string of the molecule is CN1CCN(C(=O)c2cnc(NCc3ccccc3)nc2)CC1. The largest absolute Gasteiger partial charge is 0.350 e. The van der Waals surface area contributed by atoms with Crippen molar-refractivity contribution in [3.05, 3.63) is 53.9 Å². The van der Waals surface area contributed by atoms with Crippen LogP contribution in [0.2, 0.25) is 0 Å². The lowest BCUT2D eigenvalue weighted by Gasteiger charge is -2.32. The molecule has 0 atom stereocenters. The van der Waals surface area contributed by atoms with Gasteiger partial charge in [-0.2, -0.15) is 0 Å². The number of rotatable bonds is 4. The van der Waals surface area contributed by atoms with E-state index in [9.17, 15) is 4.79 Å². The Hall–Kier alpha value is -2.47. The predicted octanol–water partition coefficient (Wildman–Crippen LogP) is 1.48. The maximum Gasteiger partial charge on any atom is 0.257 e. The molecule has 23 heavy (non-hydrogen) atoms. The molecule has 1 saturated heterocycles. The lowest BCUT2D eigenvalue weighted by atomic mass is 10.2. The van der Waals surface area contributed by atoms with E-state index >= 15 is 0 Å². The number of hydrogen-bond acceptors (Lipinski definition) is 5. The summed E-state index contributed by atoms with van der Waals surface area (Å²) < 4.78 is 0. The van der Waals surface area contributed by atoms with Crippen molar-refractivity contribution in [1.82, 2.24) is 19.8 Å². The van der Waals surface area contributed by atoms with Crippen LogP contribution in [0.4, 0.5) is 5.95 Å². The van der Waals surface area contributed by atoms with Crippen molar-refractivity contribution in [3.8, 4) is 0 Å². The van der Waals surface area contributed by atoms with E-state index in [1.165, 1.54) is 0 Å². The normalized spacial score (nSPS) is 15.4. The van der Waals surface area contributed by atoms with Crippen LogP contribution in [0.5, 0.6) is 0 Å². The fraction of sp³-hybridized carbons (Fsp3) is 0.353. The summed E-state index contributed by atoms with van der Waals surface area (Å²) in [4.78, 5) is 25.0. The van der Waals surface area contributed by atoms with E-state index in [2.05, 4.69) is 27.2 Å². The minimum atomic E-state index is 0.00714. The number of nitrogens with one attached hydrogen (secondary N) is 1. The average Bonchev–Trinajstić information content (AvgIpc) is 2.61. The maximum absolute atomic E-state index is 12.4. The van der Waals surface area contributed by atoms with Crippen molar-refractivity contribution < 1.29 is 4.79 Å². The molecule has 1 aromatic heterocycles. The first-order chi connectivity index (χ1) is 11.2. The van der Waals surface area contributed by atoms with Crippen LogP contribution in [-0.2, 0) is 6.54 Å². The van der Waals surface area contributed by atoms with Crippen LogP contribution >= 0.6 is 0 Å². The molecule has 0 bridgehead atoms. The molecule has 6 nitrogen and oxygen atoms in total. The van der Waals surface area contributed by atoms with E-state index in [-0.39, 0.29) is 5.91 Å². The molecule has 0 aliphatic carbocycles. The van der Waals surface area contributed by atoms with Crippen molar-refractivity contribution in [2.24, 2.45) is 0 Å². The first-order valence-electron chi connectivity index (χ1n) is 7.80. The predicted molar refractivity (Wildman–Crippen MR) is 89.2 cm³/mol. The van der Waals surface area contributed by atoms with Gasteiger partial charge in [0.2, 0.25) is 5.95 Å². The van der Waals surface area contributed by atoms with Crippen LogP contribution < -0.4 is 5.32 Å². The third-order valence-electron chi connectivity index (χ3n) is 3.98. The first kappa shape index (κ1) is 15.4. The zero-order chi connectivity index (χ0) is 16.1. The first-order valence-corrected chi connectivity index (χ1v) is 7.80. The van der Waals surface area contributed by atoms with Crippen LogP contribution in [0.15, 0.2) is 42.7 Å². The molecule has 1 amide bonds. The van der Waals surface area contributed by atoms with Crippen molar-refractivity contribution >= 4 is 11.9 Å². The topological polar surface area (TPSA) is 61.4 Å². The highest BCUT2D eigenvalue weighted by atomic mass is 16.2. The van der Waals surface area contributed by atoms with Gasteiger partial charge < -0.3 is 15.1 Å². The van der Waals surface area contributed by atoms with Crippen molar-refractivity contribution in [2.75, 3.05) is 38.5 Å². The van der Waals surface area contributed by atoms with Crippen LogP contribution in [-0.4, -0.2) is 58.9 Å². The van der Waals surface area contributed by atoms with Crippen molar-refractivity contribution in [2.45, 2.75) is 6.54 Å². The third kappa shape index (κ3) is 4.04. The molecule has 0 saturated carbocycles. The Morgan fingerprint density at radius 2 is 1.74 bits per heavy atom. The fourth-order valence-electron chi connectivity index (χ4n) is 2.50. The van der Waals surface area contributed by atoms with E-state index in [0.29, 0.717) is 18.1 Å². The Bertz CT molecular complexity index is 636. The van der Waals surface area contributed by atoms with Gasteiger partial charge in [0.25, 0.3) is 5.91 Å². The lowest BCUT2D eigenvalue weighted by molar-refractivity contribution is 0.0663. The highest BCUT2D eigenvalue weighted by Crippen LogP contribution is 2.08. The standard InChI is InChI=1S/C17H21N5O/c1-21-7-9-22(10-8-21)16(23)15-12-19-17(20-13-15)18-11-14-5-3-2-4-6-14/h2-6,12-13H,7-11H2,1H3,(H,18,19,20). The number of carbonyl (C=O) groups is 1. The number of aromatic nitrogens is 2. The Morgan fingerprint density at radius 1 is 1.09 bits per heavy atom. The summed E-state index contributed by atoms with van der Waals surface area (Å²) in [5.74, 6) is 0.538.